The van der Waals surface area contributed by atoms with E-state index in [-0.39, 0.29) is 18.5 Å². The van der Waals surface area contributed by atoms with Crippen LogP contribution in [0.3, 0.4) is 0 Å². The Kier molecular flexibility index (Phi) is 10.0. The third-order valence-electron chi connectivity index (χ3n) is 4.84. The van der Waals surface area contributed by atoms with Gasteiger partial charge in [-0.05, 0) is 38.0 Å². The number of carbonyl (C=O) groups excluding carboxylic acids is 1. The first-order valence-electron chi connectivity index (χ1n) is 10.4. The van der Waals surface area contributed by atoms with Gasteiger partial charge in [0.1, 0.15) is 12.3 Å². The third kappa shape index (κ3) is 7.57. The summed E-state index contributed by atoms with van der Waals surface area (Å²) in [5, 5.41) is 7.46. The number of nitrogens with one attached hydrogen (secondary N) is 2. The normalized spacial score (nSPS) is 16.5. The first-order chi connectivity index (χ1) is 14.4. The molecule has 0 radical (unpaired) electrons. The molecule has 1 unspecified atom stereocenters. The first kappa shape index (κ1) is 24.1. The number of amides is 1. The Balaban J connectivity index is 1.98. The van der Waals surface area contributed by atoms with Crippen LogP contribution in [0.1, 0.15) is 19.8 Å². The van der Waals surface area contributed by atoms with Crippen LogP contribution in [-0.2, 0) is 9.53 Å². The average Bonchev–Trinajstić information content (AvgIpc) is 3.19. The van der Waals surface area contributed by atoms with Crippen molar-refractivity contribution < 1.29 is 14.3 Å². The summed E-state index contributed by atoms with van der Waals surface area (Å²) < 4.78 is 10.9. The van der Waals surface area contributed by atoms with Crippen molar-refractivity contribution in [2.75, 3.05) is 65.5 Å². The number of likely N-dealkylation sites (N-methyl/N-ethyl adjacent to an activating group) is 1. The molecule has 0 spiro atoms. The molecule has 1 heterocycles. The highest BCUT2D eigenvalue weighted by molar-refractivity contribution is 6.30. The number of benzene rings is 1. The smallest absolute Gasteiger partial charge is 0.243 e. The van der Waals surface area contributed by atoms with Crippen LogP contribution < -0.4 is 20.3 Å². The fourth-order valence-electron chi connectivity index (χ4n) is 3.17. The van der Waals surface area contributed by atoms with E-state index in [2.05, 4.69) is 20.5 Å². The number of rotatable bonds is 10. The van der Waals surface area contributed by atoms with Gasteiger partial charge in [0.25, 0.3) is 0 Å². The summed E-state index contributed by atoms with van der Waals surface area (Å²) in [6.45, 7) is 5.88. The van der Waals surface area contributed by atoms with Gasteiger partial charge in [0, 0.05) is 58.0 Å². The first-order valence-corrected chi connectivity index (χ1v) is 10.7. The van der Waals surface area contributed by atoms with Crippen molar-refractivity contribution in [2.24, 2.45) is 4.99 Å². The number of halogens is 1. The molecule has 1 aromatic carbocycles. The van der Waals surface area contributed by atoms with Gasteiger partial charge in [-0.2, -0.15) is 0 Å². The van der Waals surface area contributed by atoms with E-state index in [1.807, 2.05) is 25.1 Å². The Morgan fingerprint density at radius 2 is 2.20 bits per heavy atom. The van der Waals surface area contributed by atoms with Crippen LogP contribution in [0.2, 0.25) is 5.02 Å². The van der Waals surface area contributed by atoms with Gasteiger partial charge >= 0.3 is 0 Å². The summed E-state index contributed by atoms with van der Waals surface area (Å²) in [6.07, 6.45) is 1.81. The maximum atomic E-state index is 11.9. The summed E-state index contributed by atoms with van der Waals surface area (Å²) in [4.78, 5) is 20.2. The molecule has 1 aromatic rings. The predicted octanol–water partition coefficient (Wildman–Crippen LogP) is 1.98. The van der Waals surface area contributed by atoms with Gasteiger partial charge in [-0.3, -0.25) is 4.79 Å². The Morgan fingerprint density at radius 3 is 2.90 bits per heavy atom. The lowest BCUT2D eigenvalue weighted by atomic mass is 10.2. The van der Waals surface area contributed by atoms with Crippen molar-refractivity contribution >= 4 is 29.2 Å². The molecule has 0 aliphatic carbocycles. The van der Waals surface area contributed by atoms with E-state index >= 15 is 0 Å². The molecule has 8 nitrogen and oxygen atoms in total. The number of guanidine groups is 1. The molecule has 1 aliphatic rings. The summed E-state index contributed by atoms with van der Waals surface area (Å²) in [5.41, 5.74) is 0.986. The number of hydrogen-bond acceptors (Lipinski definition) is 5. The molecule has 0 aromatic heterocycles. The van der Waals surface area contributed by atoms with Crippen molar-refractivity contribution in [1.29, 1.82) is 0 Å². The molecular formula is C21H34ClN5O3. The standard InChI is InChI=1S/C21H34ClN5O3/c1-5-30-12-6-10-23-21(24-14-20(28)26(2)3)25-17-9-11-27(15-17)18-13-16(22)7-8-19(18)29-4/h7-8,13,17H,5-6,9-12,14-15H2,1-4H3,(H2,23,24,25). The Bertz CT molecular complexity index is 714. The third-order valence-corrected chi connectivity index (χ3v) is 5.08. The number of aliphatic imine (C=N–C) groups is 1. The van der Waals surface area contributed by atoms with Crippen LogP contribution in [-0.4, -0.2) is 83.4 Å². The van der Waals surface area contributed by atoms with E-state index in [1.54, 1.807) is 26.1 Å². The minimum absolute atomic E-state index is 0.0397. The van der Waals surface area contributed by atoms with Crippen molar-refractivity contribution in [3.8, 4) is 5.75 Å². The van der Waals surface area contributed by atoms with Crippen molar-refractivity contribution in [3.63, 3.8) is 0 Å². The lowest BCUT2D eigenvalue weighted by molar-refractivity contribution is -0.127. The van der Waals surface area contributed by atoms with Crippen LogP contribution in [0.5, 0.6) is 5.75 Å². The minimum atomic E-state index is -0.0397. The fraction of sp³-hybridized carbons (Fsp3) is 0.619. The zero-order valence-corrected chi connectivity index (χ0v) is 19.2. The Labute approximate surface area is 184 Å². The highest BCUT2D eigenvalue weighted by atomic mass is 35.5. The number of hydrogen-bond donors (Lipinski definition) is 2. The van der Waals surface area contributed by atoms with E-state index < -0.39 is 0 Å². The molecule has 1 fully saturated rings. The van der Waals surface area contributed by atoms with Crippen molar-refractivity contribution in [1.82, 2.24) is 15.5 Å². The number of anilines is 1. The van der Waals surface area contributed by atoms with Crippen LogP contribution in [0.4, 0.5) is 5.69 Å². The van der Waals surface area contributed by atoms with Gasteiger partial charge in [-0.15, -0.1) is 0 Å². The van der Waals surface area contributed by atoms with Gasteiger partial charge in [-0.1, -0.05) is 11.6 Å². The molecule has 1 saturated heterocycles. The molecule has 9 heteroatoms. The SMILES string of the molecule is CCOCCCNC(=NCC(=O)N(C)C)NC1CCN(c2cc(Cl)ccc2OC)C1. The number of carbonyl (C=O) groups is 1. The summed E-state index contributed by atoms with van der Waals surface area (Å²) in [6, 6.07) is 5.84. The highest BCUT2D eigenvalue weighted by Gasteiger charge is 2.25. The molecule has 1 amide bonds. The second kappa shape index (κ2) is 12.5. The summed E-state index contributed by atoms with van der Waals surface area (Å²) >= 11 is 6.19. The summed E-state index contributed by atoms with van der Waals surface area (Å²) in [5.74, 6) is 1.41. The van der Waals surface area contributed by atoms with Gasteiger partial charge in [-0.25, -0.2) is 4.99 Å². The zero-order chi connectivity index (χ0) is 21.9. The lowest BCUT2D eigenvalue weighted by Crippen LogP contribution is -2.45. The molecule has 168 valence electrons. The van der Waals surface area contributed by atoms with Crippen LogP contribution in [0, 0.1) is 0 Å². The highest BCUT2D eigenvalue weighted by Crippen LogP contribution is 2.33. The minimum Gasteiger partial charge on any atom is -0.495 e. The second-order valence-electron chi connectivity index (χ2n) is 7.32. The van der Waals surface area contributed by atoms with E-state index in [1.165, 1.54) is 0 Å². The van der Waals surface area contributed by atoms with E-state index in [0.29, 0.717) is 24.2 Å². The van der Waals surface area contributed by atoms with Gasteiger partial charge in [0.05, 0.1) is 12.8 Å². The van der Waals surface area contributed by atoms with Crippen LogP contribution >= 0.6 is 11.6 Å². The maximum absolute atomic E-state index is 11.9. The monoisotopic (exact) mass is 439 g/mol. The molecule has 2 N–H and O–H groups in total. The van der Waals surface area contributed by atoms with Gasteiger partial charge < -0.3 is 29.9 Å². The lowest BCUT2D eigenvalue weighted by Gasteiger charge is -2.22. The molecule has 2 rings (SSSR count). The van der Waals surface area contributed by atoms with E-state index in [4.69, 9.17) is 21.1 Å². The average molecular weight is 440 g/mol. The Morgan fingerprint density at radius 1 is 1.40 bits per heavy atom. The molecule has 0 bridgehead atoms. The molecule has 1 aliphatic heterocycles. The van der Waals surface area contributed by atoms with E-state index in [9.17, 15) is 4.79 Å². The van der Waals surface area contributed by atoms with Crippen molar-refractivity contribution in [2.45, 2.75) is 25.8 Å². The molecular weight excluding hydrogens is 406 g/mol. The largest absolute Gasteiger partial charge is 0.495 e. The summed E-state index contributed by atoms with van der Waals surface area (Å²) in [7, 11) is 5.12. The zero-order valence-electron chi connectivity index (χ0n) is 18.4. The van der Waals surface area contributed by atoms with Gasteiger partial charge in [0.2, 0.25) is 5.91 Å². The van der Waals surface area contributed by atoms with E-state index in [0.717, 1.165) is 43.9 Å². The molecule has 1 atom stereocenters. The van der Waals surface area contributed by atoms with Crippen LogP contribution in [0.25, 0.3) is 0 Å². The Hall–Kier alpha value is -2.19. The number of nitrogens with zero attached hydrogens (tertiary/aromatic N) is 3. The number of ether oxygens (including phenoxy) is 2. The molecule has 30 heavy (non-hydrogen) atoms. The fourth-order valence-corrected chi connectivity index (χ4v) is 3.33. The maximum Gasteiger partial charge on any atom is 0.243 e. The topological polar surface area (TPSA) is 78.4 Å². The van der Waals surface area contributed by atoms with Crippen molar-refractivity contribution in [3.05, 3.63) is 23.2 Å². The molecule has 0 saturated carbocycles. The second-order valence-corrected chi connectivity index (χ2v) is 7.76. The van der Waals surface area contributed by atoms with Crippen LogP contribution in [0.15, 0.2) is 23.2 Å². The van der Waals surface area contributed by atoms with Gasteiger partial charge in [0.15, 0.2) is 5.96 Å². The number of methoxy groups -OCH3 is 1. The quantitative estimate of drug-likeness (QED) is 0.330. The predicted molar refractivity (Wildman–Crippen MR) is 122 cm³/mol.